The molecule has 2 rings (SSSR count). The lowest BCUT2D eigenvalue weighted by Crippen LogP contribution is -2.20. The van der Waals surface area contributed by atoms with E-state index in [9.17, 15) is 4.79 Å². The zero-order valence-electron chi connectivity index (χ0n) is 10.6. The lowest BCUT2D eigenvalue weighted by Gasteiger charge is -2.10. The Labute approximate surface area is 103 Å². The molecule has 0 radical (unpaired) electrons. The monoisotopic (exact) mass is 232 g/mol. The van der Waals surface area contributed by atoms with Crippen LogP contribution in [0.3, 0.4) is 0 Å². The van der Waals surface area contributed by atoms with E-state index in [4.69, 9.17) is 4.74 Å². The van der Waals surface area contributed by atoms with Crippen LogP contribution in [-0.2, 0) is 11.2 Å². The second-order valence-corrected chi connectivity index (χ2v) is 4.82. The molecule has 2 nitrogen and oxygen atoms in total. The summed E-state index contributed by atoms with van der Waals surface area (Å²) >= 11 is 0. The standard InChI is InChI=1S/C15H20O2/c1-3-4-12-6-8-13(9-7-12)15(16)14-10-5-11(2)17-14/h6-9,11,14H,3-5,10H2,1-2H3. The van der Waals surface area contributed by atoms with Gasteiger partial charge in [0.25, 0.3) is 0 Å². The van der Waals surface area contributed by atoms with Crippen molar-refractivity contribution >= 4 is 5.78 Å². The minimum atomic E-state index is -0.220. The van der Waals surface area contributed by atoms with Crippen LogP contribution in [0, 0.1) is 0 Å². The van der Waals surface area contributed by atoms with Gasteiger partial charge in [-0.05, 0) is 31.7 Å². The summed E-state index contributed by atoms with van der Waals surface area (Å²) in [6, 6.07) is 7.96. The minimum Gasteiger partial charge on any atom is -0.367 e. The number of ether oxygens (including phenoxy) is 1. The quantitative estimate of drug-likeness (QED) is 0.744. The SMILES string of the molecule is CCCc1ccc(C(=O)C2CCC(C)O2)cc1. The Morgan fingerprint density at radius 2 is 2.00 bits per heavy atom. The Hall–Kier alpha value is -1.15. The third-order valence-corrected chi connectivity index (χ3v) is 3.30. The fraction of sp³-hybridized carbons (Fsp3) is 0.533. The van der Waals surface area contributed by atoms with E-state index in [2.05, 4.69) is 19.1 Å². The van der Waals surface area contributed by atoms with Crippen LogP contribution >= 0.6 is 0 Å². The Bertz CT molecular complexity index is 380. The molecule has 0 aliphatic carbocycles. The van der Waals surface area contributed by atoms with Crippen molar-refractivity contribution in [2.24, 2.45) is 0 Å². The van der Waals surface area contributed by atoms with Crippen molar-refractivity contribution in [3.05, 3.63) is 35.4 Å². The smallest absolute Gasteiger partial charge is 0.191 e. The maximum atomic E-state index is 12.1. The summed E-state index contributed by atoms with van der Waals surface area (Å²) < 4.78 is 5.61. The molecular formula is C15H20O2. The van der Waals surface area contributed by atoms with Gasteiger partial charge in [0.15, 0.2) is 5.78 Å². The molecule has 0 saturated carbocycles. The Morgan fingerprint density at radius 1 is 1.29 bits per heavy atom. The van der Waals surface area contributed by atoms with Crippen LogP contribution in [0.2, 0.25) is 0 Å². The second kappa shape index (κ2) is 5.46. The van der Waals surface area contributed by atoms with E-state index in [0.29, 0.717) is 0 Å². The van der Waals surface area contributed by atoms with Crippen molar-refractivity contribution in [3.63, 3.8) is 0 Å². The van der Waals surface area contributed by atoms with Crippen LogP contribution in [0.25, 0.3) is 0 Å². The number of carbonyl (C=O) groups excluding carboxylic acids is 1. The van der Waals surface area contributed by atoms with E-state index < -0.39 is 0 Å². The highest BCUT2D eigenvalue weighted by atomic mass is 16.5. The highest BCUT2D eigenvalue weighted by Gasteiger charge is 2.28. The van der Waals surface area contributed by atoms with E-state index >= 15 is 0 Å². The molecule has 92 valence electrons. The van der Waals surface area contributed by atoms with Crippen molar-refractivity contribution in [3.8, 4) is 0 Å². The van der Waals surface area contributed by atoms with Gasteiger partial charge in [-0.25, -0.2) is 0 Å². The fourth-order valence-corrected chi connectivity index (χ4v) is 2.31. The lowest BCUT2D eigenvalue weighted by molar-refractivity contribution is 0.0433. The maximum absolute atomic E-state index is 12.1. The molecule has 0 amide bonds. The number of carbonyl (C=O) groups is 1. The molecule has 0 N–H and O–H groups in total. The predicted molar refractivity (Wildman–Crippen MR) is 68.3 cm³/mol. The molecular weight excluding hydrogens is 212 g/mol. The lowest BCUT2D eigenvalue weighted by atomic mass is 10.0. The average Bonchev–Trinajstić information content (AvgIpc) is 2.76. The molecule has 1 aliphatic rings. The second-order valence-electron chi connectivity index (χ2n) is 4.82. The van der Waals surface area contributed by atoms with Gasteiger partial charge in [0, 0.05) is 5.56 Å². The summed E-state index contributed by atoms with van der Waals surface area (Å²) in [5.41, 5.74) is 2.08. The number of ketones is 1. The zero-order valence-corrected chi connectivity index (χ0v) is 10.6. The van der Waals surface area contributed by atoms with Crippen molar-refractivity contribution < 1.29 is 9.53 Å². The Morgan fingerprint density at radius 3 is 2.53 bits per heavy atom. The Kier molecular flexibility index (Phi) is 3.95. The first-order valence-corrected chi connectivity index (χ1v) is 6.49. The molecule has 0 bridgehead atoms. The third-order valence-electron chi connectivity index (χ3n) is 3.30. The normalized spacial score (nSPS) is 23.9. The first-order valence-electron chi connectivity index (χ1n) is 6.49. The maximum Gasteiger partial charge on any atom is 0.191 e. The summed E-state index contributed by atoms with van der Waals surface area (Å²) in [4.78, 5) is 12.1. The first-order chi connectivity index (χ1) is 8.20. The highest BCUT2D eigenvalue weighted by Crippen LogP contribution is 2.22. The van der Waals surface area contributed by atoms with E-state index in [1.165, 1.54) is 5.56 Å². The number of hydrogen-bond acceptors (Lipinski definition) is 2. The molecule has 2 heteroatoms. The van der Waals surface area contributed by atoms with Crippen molar-refractivity contribution in [2.45, 2.75) is 51.7 Å². The molecule has 2 atom stereocenters. The third kappa shape index (κ3) is 2.95. The van der Waals surface area contributed by atoms with Gasteiger partial charge in [0.1, 0.15) is 6.10 Å². The van der Waals surface area contributed by atoms with Crippen LogP contribution in [-0.4, -0.2) is 18.0 Å². The highest BCUT2D eigenvalue weighted by molar-refractivity contribution is 5.99. The van der Waals surface area contributed by atoms with Crippen LogP contribution < -0.4 is 0 Å². The first kappa shape index (κ1) is 12.3. The summed E-state index contributed by atoms with van der Waals surface area (Å²) in [7, 11) is 0. The van der Waals surface area contributed by atoms with Crippen LogP contribution in [0.5, 0.6) is 0 Å². The molecule has 1 fully saturated rings. The molecule has 1 heterocycles. The summed E-state index contributed by atoms with van der Waals surface area (Å²) in [6.07, 6.45) is 4.06. The van der Waals surface area contributed by atoms with Gasteiger partial charge in [-0.1, -0.05) is 37.6 Å². The number of Topliss-reactive ketones (excluding diaryl/α,β-unsaturated/α-hetero) is 1. The van der Waals surface area contributed by atoms with Gasteiger partial charge >= 0.3 is 0 Å². The van der Waals surface area contributed by atoms with Crippen LogP contribution in [0.15, 0.2) is 24.3 Å². The van der Waals surface area contributed by atoms with Gasteiger partial charge in [-0.15, -0.1) is 0 Å². The minimum absolute atomic E-state index is 0.136. The summed E-state index contributed by atoms with van der Waals surface area (Å²) in [6.45, 7) is 4.18. The summed E-state index contributed by atoms with van der Waals surface area (Å²) in [5.74, 6) is 0.136. The largest absolute Gasteiger partial charge is 0.367 e. The van der Waals surface area contributed by atoms with E-state index in [1.807, 2.05) is 19.1 Å². The topological polar surface area (TPSA) is 26.3 Å². The van der Waals surface area contributed by atoms with Crippen molar-refractivity contribution in [2.75, 3.05) is 0 Å². The van der Waals surface area contributed by atoms with E-state index in [1.54, 1.807) is 0 Å². The zero-order chi connectivity index (χ0) is 12.3. The molecule has 17 heavy (non-hydrogen) atoms. The predicted octanol–water partition coefficient (Wildman–Crippen LogP) is 3.39. The molecule has 1 saturated heterocycles. The van der Waals surface area contributed by atoms with Crippen molar-refractivity contribution in [1.29, 1.82) is 0 Å². The van der Waals surface area contributed by atoms with E-state index in [-0.39, 0.29) is 18.0 Å². The molecule has 1 aromatic carbocycles. The van der Waals surface area contributed by atoms with Crippen LogP contribution in [0.1, 0.15) is 49.0 Å². The van der Waals surface area contributed by atoms with Gasteiger partial charge in [-0.2, -0.15) is 0 Å². The van der Waals surface area contributed by atoms with E-state index in [0.717, 1.165) is 31.2 Å². The number of aryl methyl sites for hydroxylation is 1. The Balaban J connectivity index is 2.04. The van der Waals surface area contributed by atoms with Gasteiger partial charge in [-0.3, -0.25) is 4.79 Å². The van der Waals surface area contributed by atoms with Gasteiger partial charge < -0.3 is 4.74 Å². The molecule has 2 unspecified atom stereocenters. The van der Waals surface area contributed by atoms with Crippen molar-refractivity contribution in [1.82, 2.24) is 0 Å². The molecule has 1 aromatic rings. The molecule has 1 aliphatic heterocycles. The number of benzene rings is 1. The number of hydrogen-bond donors (Lipinski definition) is 0. The molecule has 0 spiro atoms. The average molecular weight is 232 g/mol. The van der Waals surface area contributed by atoms with Crippen LogP contribution in [0.4, 0.5) is 0 Å². The van der Waals surface area contributed by atoms with Gasteiger partial charge in [0.05, 0.1) is 6.10 Å². The fourth-order valence-electron chi connectivity index (χ4n) is 2.31. The summed E-state index contributed by atoms with van der Waals surface area (Å²) in [5, 5.41) is 0. The van der Waals surface area contributed by atoms with Gasteiger partial charge in [0.2, 0.25) is 0 Å². The molecule has 0 aromatic heterocycles. The number of rotatable bonds is 4.